The number of benzene rings is 1. The summed E-state index contributed by atoms with van der Waals surface area (Å²) in [6, 6.07) is 8.33. The molecule has 0 fully saturated rings. The van der Waals surface area contributed by atoms with Crippen molar-refractivity contribution in [2.75, 3.05) is 6.61 Å². The van der Waals surface area contributed by atoms with Gasteiger partial charge in [-0.3, -0.25) is 4.79 Å². The van der Waals surface area contributed by atoms with Gasteiger partial charge in [-0.25, -0.2) is 0 Å². The Balaban J connectivity index is 1.87. The molecule has 0 unspecified atom stereocenters. The van der Waals surface area contributed by atoms with E-state index >= 15 is 0 Å². The third-order valence-corrected chi connectivity index (χ3v) is 3.45. The Bertz CT molecular complexity index is 533. The molecule has 1 aromatic heterocycles. The number of amides is 1. The van der Waals surface area contributed by atoms with Gasteiger partial charge in [0.2, 0.25) is 5.91 Å². The van der Waals surface area contributed by atoms with Crippen LogP contribution in [-0.4, -0.2) is 18.6 Å². The van der Waals surface area contributed by atoms with Crippen LogP contribution in [0.25, 0.3) is 10.1 Å². The molecule has 3 nitrogen and oxygen atoms in total. The average Bonchev–Trinajstić information content (AvgIpc) is 2.81. The van der Waals surface area contributed by atoms with Crippen molar-refractivity contribution in [2.24, 2.45) is 0 Å². The topological polar surface area (TPSA) is 38.3 Å². The van der Waals surface area contributed by atoms with E-state index in [1.165, 1.54) is 10.1 Å². The molecule has 0 aliphatic rings. The fraction of sp³-hybridized carbons (Fsp3) is 0.357. The molecule has 0 saturated heterocycles. The van der Waals surface area contributed by atoms with Gasteiger partial charge >= 0.3 is 0 Å². The molecule has 0 aliphatic heterocycles. The first-order valence-corrected chi connectivity index (χ1v) is 6.87. The number of carbonyl (C=O) groups excluding carboxylic acids is 1. The van der Waals surface area contributed by atoms with E-state index in [0.717, 1.165) is 5.56 Å². The Morgan fingerprint density at radius 1 is 1.39 bits per heavy atom. The summed E-state index contributed by atoms with van der Waals surface area (Å²) in [4.78, 5) is 11.5. The van der Waals surface area contributed by atoms with E-state index in [2.05, 4.69) is 28.9 Å². The third-order valence-electron chi connectivity index (χ3n) is 2.55. The zero-order valence-corrected chi connectivity index (χ0v) is 11.4. The molecular formula is C14H17NO2S. The SMILES string of the molecule is CC(C)OCC(=O)NCc1ccc2sccc2c1. The van der Waals surface area contributed by atoms with Crippen molar-refractivity contribution < 1.29 is 9.53 Å². The maximum atomic E-state index is 11.5. The largest absolute Gasteiger partial charge is 0.369 e. The number of thiophene rings is 1. The summed E-state index contributed by atoms with van der Waals surface area (Å²) in [6.45, 7) is 4.50. The third kappa shape index (κ3) is 3.55. The van der Waals surface area contributed by atoms with Crippen LogP contribution in [0.2, 0.25) is 0 Å². The number of hydrogen-bond donors (Lipinski definition) is 1. The Morgan fingerprint density at radius 3 is 3.00 bits per heavy atom. The van der Waals surface area contributed by atoms with Crippen molar-refractivity contribution in [3.05, 3.63) is 35.2 Å². The second-order valence-corrected chi connectivity index (χ2v) is 5.38. The van der Waals surface area contributed by atoms with Crippen molar-refractivity contribution in [3.63, 3.8) is 0 Å². The van der Waals surface area contributed by atoms with Crippen molar-refractivity contribution in [1.29, 1.82) is 0 Å². The molecule has 1 N–H and O–H groups in total. The average molecular weight is 263 g/mol. The van der Waals surface area contributed by atoms with E-state index in [9.17, 15) is 4.79 Å². The van der Waals surface area contributed by atoms with Gasteiger partial charge in [0, 0.05) is 11.2 Å². The monoisotopic (exact) mass is 263 g/mol. The van der Waals surface area contributed by atoms with E-state index in [0.29, 0.717) is 6.54 Å². The van der Waals surface area contributed by atoms with Gasteiger partial charge < -0.3 is 10.1 Å². The number of nitrogens with one attached hydrogen (secondary N) is 1. The molecule has 1 amide bonds. The normalized spacial score (nSPS) is 11.1. The number of carbonyl (C=O) groups is 1. The molecule has 0 radical (unpaired) electrons. The Labute approximate surface area is 111 Å². The lowest BCUT2D eigenvalue weighted by atomic mass is 10.2. The van der Waals surface area contributed by atoms with Gasteiger partial charge in [0.05, 0.1) is 6.10 Å². The highest BCUT2D eigenvalue weighted by Gasteiger charge is 2.03. The highest BCUT2D eigenvalue weighted by atomic mass is 32.1. The fourth-order valence-electron chi connectivity index (χ4n) is 1.62. The van der Waals surface area contributed by atoms with Crippen LogP contribution in [-0.2, 0) is 16.1 Å². The minimum atomic E-state index is -0.0749. The number of rotatable bonds is 5. The summed E-state index contributed by atoms with van der Waals surface area (Å²) in [7, 11) is 0. The standard InChI is InChI=1S/C14H17NO2S/c1-10(2)17-9-14(16)15-8-11-3-4-13-12(7-11)5-6-18-13/h3-7,10H,8-9H2,1-2H3,(H,15,16). The lowest BCUT2D eigenvalue weighted by Gasteiger charge is -2.08. The van der Waals surface area contributed by atoms with Gasteiger partial charge in [-0.05, 0) is 48.4 Å². The Kier molecular flexibility index (Phi) is 4.33. The molecule has 0 saturated carbocycles. The molecule has 18 heavy (non-hydrogen) atoms. The first kappa shape index (κ1) is 13.1. The van der Waals surface area contributed by atoms with E-state index in [-0.39, 0.29) is 18.6 Å². The first-order valence-electron chi connectivity index (χ1n) is 5.99. The van der Waals surface area contributed by atoms with Gasteiger partial charge in [-0.15, -0.1) is 11.3 Å². The summed E-state index contributed by atoms with van der Waals surface area (Å²) in [6.07, 6.45) is 0.0814. The van der Waals surface area contributed by atoms with E-state index < -0.39 is 0 Å². The minimum Gasteiger partial charge on any atom is -0.369 e. The van der Waals surface area contributed by atoms with Crippen LogP contribution in [0.5, 0.6) is 0 Å². The van der Waals surface area contributed by atoms with Gasteiger partial charge in [0.25, 0.3) is 0 Å². The molecule has 2 rings (SSSR count). The zero-order chi connectivity index (χ0) is 13.0. The quantitative estimate of drug-likeness (QED) is 0.900. The molecule has 4 heteroatoms. The van der Waals surface area contributed by atoms with Gasteiger partial charge in [-0.1, -0.05) is 6.07 Å². The van der Waals surface area contributed by atoms with E-state index in [4.69, 9.17) is 4.74 Å². The highest BCUT2D eigenvalue weighted by Crippen LogP contribution is 2.21. The predicted molar refractivity (Wildman–Crippen MR) is 74.8 cm³/mol. The van der Waals surface area contributed by atoms with Crippen LogP contribution in [0, 0.1) is 0 Å². The lowest BCUT2D eigenvalue weighted by Crippen LogP contribution is -2.28. The number of fused-ring (bicyclic) bond motifs is 1. The minimum absolute atomic E-state index is 0.0749. The number of ether oxygens (including phenoxy) is 1. The maximum absolute atomic E-state index is 11.5. The molecule has 0 bridgehead atoms. The molecular weight excluding hydrogens is 246 g/mol. The first-order chi connectivity index (χ1) is 8.65. The smallest absolute Gasteiger partial charge is 0.246 e. The summed E-state index contributed by atoms with van der Waals surface area (Å²) < 4.78 is 6.51. The summed E-state index contributed by atoms with van der Waals surface area (Å²) in [5.74, 6) is -0.0749. The summed E-state index contributed by atoms with van der Waals surface area (Å²) >= 11 is 1.72. The lowest BCUT2D eigenvalue weighted by molar-refractivity contribution is -0.127. The van der Waals surface area contributed by atoms with Crippen LogP contribution >= 0.6 is 11.3 Å². The second kappa shape index (κ2) is 5.98. The van der Waals surface area contributed by atoms with Crippen LogP contribution < -0.4 is 5.32 Å². The molecule has 0 atom stereocenters. The summed E-state index contributed by atoms with van der Waals surface area (Å²) in [5, 5.41) is 6.15. The van der Waals surface area contributed by atoms with Crippen LogP contribution in [0.15, 0.2) is 29.6 Å². The van der Waals surface area contributed by atoms with Crippen molar-refractivity contribution in [2.45, 2.75) is 26.5 Å². The maximum Gasteiger partial charge on any atom is 0.246 e. The molecule has 96 valence electrons. The predicted octanol–water partition coefficient (Wildman–Crippen LogP) is 2.94. The Hall–Kier alpha value is -1.39. The van der Waals surface area contributed by atoms with Gasteiger partial charge in [0.15, 0.2) is 0 Å². The number of hydrogen-bond acceptors (Lipinski definition) is 3. The van der Waals surface area contributed by atoms with Crippen molar-refractivity contribution >= 4 is 27.3 Å². The van der Waals surface area contributed by atoms with Crippen molar-refractivity contribution in [3.8, 4) is 0 Å². The molecule has 0 aliphatic carbocycles. The summed E-state index contributed by atoms with van der Waals surface area (Å²) in [5.41, 5.74) is 1.11. The van der Waals surface area contributed by atoms with Gasteiger partial charge in [0.1, 0.15) is 6.61 Å². The second-order valence-electron chi connectivity index (χ2n) is 4.43. The molecule has 1 aromatic carbocycles. The van der Waals surface area contributed by atoms with Crippen LogP contribution in [0.4, 0.5) is 0 Å². The molecule has 0 spiro atoms. The van der Waals surface area contributed by atoms with E-state index in [1.54, 1.807) is 11.3 Å². The molecule has 1 heterocycles. The Morgan fingerprint density at radius 2 is 2.22 bits per heavy atom. The molecule has 2 aromatic rings. The van der Waals surface area contributed by atoms with E-state index in [1.807, 2.05) is 19.9 Å². The van der Waals surface area contributed by atoms with Crippen LogP contribution in [0.3, 0.4) is 0 Å². The fourth-order valence-corrected chi connectivity index (χ4v) is 2.39. The van der Waals surface area contributed by atoms with Crippen molar-refractivity contribution in [1.82, 2.24) is 5.32 Å². The zero-order valence-electron chi connectivity index (χ0n) is 10.6. The van der Waals surface area contributed by atoms with Crippen LogP contribution in [0.1, 0.15) is 19.4 Å². The highest BCUT2D eigenvalue weighted by molar-refractivity contribution is 7.17. The van der Waals surface area contributed by atoms with Gasteiger partial charge in [-0.2, -0.15) is 0 Å².